The Kier molecular flexibility index (Phi) is 12.7. The number of methoxy groups -OCH3 is 2. The number of likely N-dealkylation sites (tertiary alicyclic amines) is 1. The number of aliphatic carboxylic acids is 1. The van der Waals surface area contributed by atoms with Crippen LogP contribution in [0.25, 0.3) is 11.0 Å². The molecule has 16 heteroatoms. The normalized spacial score (nSPS) is 22.2. The van der Waals surface area contributed by atoms with Gasteiger partial charge in [-0.25, -0.2) is 29.1 Å². The Bertz CT molecular complexity index is 1660. The van der Waals surface area contributed by atoms with Crippen molar-refractivity contribution < 1.29 is 56.7 Å². The maximum absolute atomic E-state index is 16.2. The molecule has 2 amide bonds. The molecule has 294 valence electrons. The van der Waals surface area contributed by atoms with Crippen molar-refractivity contribution in [3.63, 3.8) is 0 Å². The molecule has 1 aliphatic carbocycles. The molecule has 0 unspecified atom stereocenters. The number of halogens is 2. The minimum atomic E-state index is -3.48. The number of alkyl halides is 2. The molecule has 1 aromatic heterocycles. The highest BCUT2D eigenvalue weighted by Crippen LogP contribution is 2.43. The molecule has 2 fully saturated rings. The number of carbonyl (C=O) groups excluding carboxylic acids is 3. The predicted octanol–water partition coefficient (Wildman–Crippen LogP) is 6.47. The van der Waals surface area contributed by atoms with Crippen molar-refractivity contribution in [3.05, 3.63) is 23.9 Å². The van der Waals surface area contributed by atoms with Crippen molar-refractivity contribution in [3.8, 4) is 11.6 Å². The van der Waals surface area contributed by atoms with Gasteiger partial charge in [-0.3, -0.25) is 4.90 Å². The smallest absolute Gasteiger partial charge is 0.411 e. The lowest BCUT2D eigenvalue weighted by Gasteiger charge is -2.28. The molecule has 1 aromatic carbocycles. The van der Waals surface area contributed by atoms with Crippen molar-refractivity contribution in [1.29, 1.82) is 0 Å². The van der Waals surface area contributed by atoms with Gasteiger partial charge in [-0.1, -0.05) is 34.1 Å². The average molecular weight is 751 g/mol. The Morgan fingerprint density at radius 2 is 1.72 bits per heavy atom. The second-order valence-corrected chi connectivity index (χ2v) is 15.7. The van der Waals surface area contributed by atoms with Gasteiger partial charge < -0.3 is 34.1 Å². The molecule has 4 rings (SSSR count). The first-order valence-corrected chi connectivity index (χ1v) is 17.9. The fourth-order valence-electron chi connectivity index (χ4n) is 6.51. The van der Waals surface area contributed by atoms with Gasteiger partial charge in [0.2, 0.25) is 5.88 Å². The van der Waals surface area contributed by atoms with E-state index in [-0.39, 0.29) is 29.9 Å². The molecule has 6 atom stereocenters. The SMILES string of the molecule is CC[C@@H]1[C@@H](Oc2nc3cc(OC)ccc3nc2C(F)(F)CCCC[C@@H]2C[C@H]2OC(=O)N[C@H](C(=O)O)C(C)(C)C)CN(C(=O)OC(C)(C)C)[C@@H]1C(=O)OC. The first kappa shape index (κ1) is 41.3. The second-order valence-electron chi connectivity index (χ2n) is 15.7. The summed E-state index contributed by atoms with van der Waals surface area (Å²) in [5.41, 5.74) is -1.82. The molecule has 1 saturated carbocycles. The zero-order valence-corrected chi connectivity index (χ0v) is 31.9. The topological polar surface area (TPSA) is 176 Å². The van der Waals surface area contributed by atoms with Crippen LogP contribution >= 0.6 is 0 Å². The standard InChI is InChI=1S/C37H52F2N4O10/c1-10-22-26(19-43(27(22)32(46)50-9)34(48)53-36(5,6)7)51-30-28(40-23-15-14-21(49-8)18-24(23)41-30)37(38,39)16-12-11-13-20-17-25(20)52-33(47)42-29(31(44)45)35(2,3)4/h14-15,18,20,22,25-27,29H,10-13,16-17,19H2,1-9H3,(H,42,47)(H,44,45)/t20-,22-,25-,26+,27+,29-/m1/s1. The zero-order valence-electron chi connectivity index (χ0n) is 31.9. The van der Waals surface area contributed by atoms with Crippen molar-refractivity contribution in [2.75, 3.05) is 20.8 Å². The van der Waals surface area contributed by atoms with Crippen LogP contribution in [-0.4, -0.2) is 94.8 Å². The third kappa shape index (κ3) is 10.3. The summed E-state index contributed by atoms with van der Waals surface area (Å²) in [6.07, 6.45) is -1.59. The van der Waals surface area contributed by atoms with E-state index in [1.807, 2.05) is 0 Å². The highest BCUT2D eigenvalue weighted by atomic mass is 19.3. The lowest BCUT2D eigenvalue weighted by Crippen LogP contribution is -2.49. The number of esters is 1. The van der Waals surface area contributed by atoms with Gasteiger partial charge in [-0.15, -0.1) is 0 Å². The molecule has 1 saturated heterocycles. The third-order valence-corrected chi connectivity index (χ3v) is 9.39. The molecular weight excluding hydrogens is 698 g/mol. The van der Waals surface area contributed by atoms with Crippen LogP contribution in [0.1, 0.15) is 92.7 Å². The van der Waals surface area contributed by atoms with Gasteiger partial charge in [0, 0.05) is 18.4 Å². The maximum atomic E-state index is 16.2. The monoisotopic (exact) mass is 750 g/mol. The molecule has 14 nitrogen and oxygen atoms in total. The van der Waals surface area contributed by atoms with E-state index in [9.17, 15) is 24.3 Å². The lowest BCUT2D eigenvalue weighted by atomic mass is 9.87. The van der Waals surface area contributed by atoms with E-state index in [0.29, 0.717) is 31.4 Å². The van der Waals surface area contributed by atoms with Gasteiger partial charge in [-0.2, -0.15) is 8.78 Å². The second kappa shape index (κ2) is 16.3. The maximum Gasteiger partial charge on any atom is 0.411 e. The van der Waals surface area contributed by atoms with Crippen LogP contribution in [0.3, 0.4) is 0 Å². The number of amides is 2. The number of fused-ring (bicyclic) bond motifs is 1. The van der Waals surface area contributed by atoms with E-state index in [2.05, 4.69) is 15.3 Å². The van der Waals surface area contributed by atoms with E-state index in [4.69, 9.17) is 23.7 Å². The summed E-state index contributed by atoms with van der Waals surface area (Å²) in [6, 6.07) is 2.44. The van der Waals surface area contributed by atoms with Gasteiger partial charge in [-0.05, 0) is 69.9 Å². The van der Waals surface area contributed by atoms with Crippen LogP contribution in [0.5, 0.6) is 11.6 Å². The quantitative estimate of drug-likeness (QED) is 0.122. The van der Waals surface area contributed by atoms with Gasteiger partial charge in [0.05, 0.1) is 31.8 Å². The van der Waals surface area contributed by atoms with Crippen LogP contribution < -0.4 is 14.8 Å². The Morgan fingerprint density at radius 1 is 1.02 bits per heavy atom. The molecule has 0 spiro atoms. The fourth-order valence-corrected chi connectivity index (χ4v) is 6.51. The summed E-state index contributed by atoms with van der Waals surface area (Å²) >= 11 is 0. The lowest BCUT2D eigenvalue weighted by molar-refractivity contribution is -0.147. The van der Waals surface area contributed by atoms with Crippen LogP contribution in [0.2, 0.25) is 0 Å². The number of hydrogen-bond donors (Lipinski definition) is 2. The van der Waals surface area contributed by atoms with Crippen LogP contribution in [0.15, 0.2) is 18.2 Å². The highest BCUT2D eigenvalue weighted by molar-refractivity contribution is 5.83. The summed E-state index contributed by atoms with van der Waals surface area (Å²) in [5, 5.41) is 11.8. The minimum absolute atomic E-state index is 0.0226. The number of rotatable bonds is 14. The molecule has 2 aliphatic rings. The zero-order chi connectivity index (χ0) is 39.5. The minimum Gasteiger partial charge on any atom is -0.497 e. The number of unbranched alkanes of at least 4 members (excludes halogenated alkanes) is 1. The van der Waals surface area contributed by atoms with E-state index in [0.717, 1.165) is 0 Å². The summed E-state index contributed by atoms with van der Waals surface area (Å²) in [6.45, 7) is 11.8. The predicted molar refractivity (Wildman–Crippen MR) is 188 cm³/mol. The Hall–Kier alpha value is -4.50. The fraction of sp³-hybridized carbons (Fsp3) is 0.676. The Morgan fingerprint density at radius 3 is 2.30 bits per heavy atom. The molecular formula is C37H52F2N4O10. The van der Waals surface area contributed by atoms with Gasteiger partial charge in [0.1, 0.15) is 35.6 Å². The molecule has 0 bridgehead atoms. The van der Waals surface area contributed by atoms with E-state index in [1.165, 1.54) is 25.2 Å². The number of carboxylic acid groups (broad SMARTS) is 1. The number of carbonyl (C=O) groups is 4. The Balaban J connectivity index is 1.49. The summed E-state index contributed by atoms with van der Waals surface area (Å²) in [7, 11) is 2.67. The molecule has 1 aliphatic heterocycles. The van der Waals surface area contributed by atoms with E-state index in [1.54, 1.807) is 60.6 Å². The molecule has 2 N–H and O–H groups in total. The summed E-state index contributed by atoms with van der Waals surface area (Å²) in [4.78, 5) is 60.1. The molecule has 2 aromatic rings. The van der Waals surface area contributed by atoms with Crippen molar-refractivity contribution >= 4 is 35.2 Å². The van der Waals surface area contributed by atoms with Crippen LogP contribution in [0.4, 0.5) is 18.4 Å². The summed E-state index contributed by atoms with van der Waals surface area (Å²) < 4.78 is 59.8. The highest BCUT2D eigenvalue weighted by Gasteiger charge is 2.51. The van der Waals surface area contributed by atoms with Crippen molar-refractivity contribution in [2.45, 2.75) is 123 Å². The number of hydrogen-bond acceptors (Lipinski definition) is 11. The number of nitrogens with zero attached hydrogens (tertiary/aromatic N) is 3. The van der Waals surface area contributed by atoms with Gasteiger partial charge >= 0.3 is 24.1 Å². The molecule has 2 heterocycles. The van der Waals surface area contributed by atoms with Gasteiger partial charge in [0.25, 0.3) is 5.92 Å². The molecule has 0 radical (unpaired) electrons. The Labute approximate surface area is 308 Å². The number of alkyl carbamates (subject to hydrolysis) is 1. The number of ether oxygens (including phenoxy) is 5. The number of aromatic nitrogens is 2. The number of carboxylic acids is 1. The summed E-state index contributed by atoms with van der Waals surface area (Å²) in [5.74, 6) is -6.00. The first-order valence-electron chi connectivity index (χ1n) is 17.9. The van der Waals surface area contributed by atoms with E-state index < -0.39 is 89.3 Å². The third-order valence-electron chi connectivity index (χ3n) is 9.39. The average Bonchev–Trinajstić information content (AvgIpc) is 3.69. The first-order chi connectivity index (χ1) is 24.7. The van der Waals surface area contributed by atoms with Gasteiger partial charge in [0.15, 0.2) is 5.69 Å². The van der Waals surface area contributed by atoms with E-state index >= 15 is 8.78 Å². The van der Waals surface area contributed by atoms with Crippen LogP contribution in [-0.2, 0) is 29.7 Å². The molecule has 53 heavy (non-hydrogen) atoms. The number of benzene rings is 1. The van der Waals surface area contributed by atoms with Crippen molar-refractivity contribution in [2.24, 2.45) is 17.3 Å². The van der Waals surface area contributed by atoms with Crippen LogP contribution in [0, 0.1) is 17.3 Å². The largest absolute Gasteiger partial charge is 0.497 e. The number of nitrogens with one attached hydrogen (secondary N) is 1. The van der Waals surface area contributed by atoms with Crippen molar-refractivity contribution in [1.82, 2.24) is 20.2 Å².